The number of aryl methyl sites for hydroxylation is 2. The Bertz CT molecular complexity index is 472. The minimum absolute atomic E-state index is 0.0363. The molecule has 1 aromatic heterocycles. The van der Waals surface area contributed by atoms with Crippen molar-refractivity contribution in [2.24, 2.45) is 5.92 Å². The van der Waals surface area contributed by atoms with Gasteiger partial charge in [-0.2, -0.15) is 0 Å². The number of furan rings is 1. The summed E-state index contributed by atoms with van der Waals surface area (Å²) < 4.78 is 5.53. The number of carbonyl (C=O) groups excluding carboxylic acids is 1. The first kappa shape index (κ1) is 15.9. The largest absolute Gasteiger partial charge is 0.466 e. The van der Waals surface area contributed by atoms with Gasteiger partial charge in [0.1, 0.15) is 11.5 Å². The van der Waals surface area contributed by atoms with Gasteiger partial charge in [-0.3, -0.25) is 0 Å². The van der Waals surface area contributed by atoms with Crippen LogP contribution in [0.5, 0.6) is 0 Å². The highest BCUT2D eigenvalue weighted by molar-refractivity contribution is 5.75. The van der Waals surface area contributed by atoms with Gasteiger partial charge in [-0.15, -0.1) is 0 Å². The molecule has 1 aromatic rings. The average Bonchev–Trinajstić information content (AvgIpc) is 3.02. The third kappa shape index (κ3) is 4.00. The minimum Gasteiger partial charge on any atom is -0.466 e. The van der Waals surface area contributed by atoms with Crippen LogP contribution in [0.25, 0.3) is 0 Å². The molecule has 2 amide bonds. The van der Waals surface area contributed by atoms with E-state index in [2.05, 4.69) is 12.2 Å². The Hall–Kier alpha value is -1.49. The molecule has 118 valence electrons. The lowest BCUT2D eigenvalue weighted by Crippen LogP contribution is -2.48. The van der Waals surface area contributed by atoms with Crippen LogP contribution in [-0.2, 0) is 6.42 Å². The second kappa shape index (κ2) is 6.98. The lowest BCUT2D eigenvalue weighted by atomic mass is 10.0. The van der Waals surface area contributed by atoms with Gasteiger partial charge in [0.2, 0.25) is 0 Å². The molecule has 2 heterocycles. The van der Waals surface area contributed by atoms with Crippen LogP contribution in [0.15, 0.2) is 16.5 Å². The highest BCUT2D eigenvalue weighted by atomic mass is 16.3. The summed E-state index contributed by atoms with van der Waals surface area (Å²) in [6.45, 7) is 6.77. The van der Waals surface area contributed by atoms with E-state index >= 15 is 0 Å². The standard InChI is InChI=1S/C16H26N2O3/c1-11-8-9-18(15(11)10-19)16(20)17-12(2)4-6-14-7-5-13(3)21-14/h5,7,11-12,15,19H,4,6,8-10H2,1-3H3,(H,17,20). The first-order chi connectivity index (χ1) is 10.0. The number of rotatable bonds is 5. The van der Waals surface area contributed by atoms with Crippen molar-refractivity contribution in [3.8, 4) is 0 Å². The number of likely N-dealkylation sites (tertiary alicyclic amines) is 1. The number of aliphatic hydroxyl groups excluding tert-OH is 1. The summed E-state index contributed by atoms with van der Waals surface area (Å²) in [5.74, 6) is 2.23. The van der Waals surface area contributed by atoms with E-state index in [-0.39, 0.29) is 24.7 Å². The SMILES string of the molecule is Cc1ccc(CCC(C)NC(=O)N2CCC(C)C2CO)o1. The molecule has 2 rings (SSSR count). The van der Waals surface area contributed by atoms with Crippen molar-refractivity contribution < 1.29 is 14.3 Å². The quantitative estimate of drug-likeness (QED) is 0.876. The van der Waals surface area contributed by atoms with Crippen molar-refractivity contribution in [2.45, 2.75) is 52.1 Å². The summed E-state index contributed by atoms with van der Waals surface area (Å²) in [6.07, 6.45) is 2.61. The number of hydrogen-bond donors (Lipinski definition) is 2. The molecule has 5 nitrogen and oxygen atoms in total. The fourth-order valence-corrected chi connectivity index (χ4v) is 2.88. The van der Waals surface area contributed by atoms with Crippen molar-refractivity contribution in [2.75, 3.05) is 13.2 Å². The van der Waals surface area contributed by atoms with Crippen LogP contribution >= 0.6 is 0 Å². The topological polar surface area (TPSA) is 65.7 Å². The molecular formula is C16H26N2O3. The van der Waals surface area contributed by atoms with Gasteiger partial charge in [0, 0.05) is 19.0 Å². The zero-order valence-electron chi connectivity index (χ0n) is 13.1. The smallest absolute Gasteiger partial charge is 0.317 e. The monoisotopic (exact) mass is 294 g/mol. The van der Waals surface area contributed by atoms with E-state index in [1.54, 1.807) is 4.90 Å². The molecule has 1 aliphatic rings. The molecule has 0 aromatic carbocycles. The normalized spacial score (nSPS) is 23.3. The van der Waals surface area contributed by atoms with Gasteiger partial charge in [-0.1, -0.05) is 6.92 Å². The second-order valence-electron chi connectivity index (χ2n) is 6.11. The Kier molecular flexibility index (Phi) is 5.28. The lowest BCUT2D eigenvalue weighted by molar-refractivity contribution is 0.142. The van der Waals surface area contributed by atoms with E-state index in [4.69, 9.17) is 4.42 Å². The fraction of sp³-hybridized carbons (Fsp3) is 0.688. The van der Waals surface area contributed by atoms with Crippen molar-refractivity contribution in [1.29, 1.82) is 0 Å². The summed E-state index contributed by atoms with van der Waals surface area (Å²) in [7, 11) is 0. The number of amides is 2. The van der Waals surface area contributed by atoms with Crippen LogP contribution in [0.2, 0.25) is 0 Å². The number of aliphatic hydroxyl groups is 1. The lowest BCUT2D eigenvalue weighted by Gasteiger charge is -2.27. The van der Waals surface area contributed by atoms with E-state index in [1.807, 2.05) is 26.0 Å². The third-order valence-electron chi connectivity index (χ3n) is 4.32. The van der Waals surface area contributed by atoms with Gasteiger partial charge < -0.3 is 19.7 Å². The van der Waals surface area contributed by atoms with E-state index in [0.717, 1.165) is 37.3 Å². The van der Waals surface area contributed by atoms with Crippen LogP contribution in [0, 0.1) is 12.8 Å². The first-order valence-electron chi connectivity index (χ1n) is 7.74. The molecule has 0 radical (unpaired) electrons. The fourth-order valence-electron chi connectivity index (χ4n) is 2.88. The van der Waals surface area contributed by atoms with Gasteiger partial charge in [0.25, 0.3) is 0 Å². The summed E-state index contributed by atoms with van der Waals surface area (Å²) in [4.78, 5) is 14.0. The van der Waals surface area contributed by atoms with E-state index in [1.165, 1.54) is 0 Å². The van der Waals surface area contributed by atoms with Gasteiger partial charge >= 0.3 is 6.03 Å². The van der Waals surface area contributed by atoms with Crippen molar-refractivity contribution in [3.05, 3.63) is 23.7 Å². The highest BCUT2D eigenvalue weighted by Gasteiger charge is 2.34. The summed E-state index contributed by atoms with van der Waals surface area (Å²) >= 11 is 0. The molecule has 3 atom stereocenters. The Morgan fingerprint density at radius 1 is 1.57 bits per heavy atom. The maximum absolute atomic E-state index is 12.3. The van der Waals surface area contributed by atoms with Gasteiger partial charge in [0.15, 0.2) is 0 Å². The summed E-state index contributed by atoms with van der Waals surface area (Å²) in [5.41, 5.74) is 0. The van der Waals surface area contributed by atoms with Crippen LogP contribution in [-0.4, -0.2) is 41.3 Å². The van der Waals surface area contributed by atoms with Crippen molar-refractivity contribution in [3.63, 3.8) is 0 Å². The Morgan fingerprint density at radius 3 is 2.95 bits per heavy atom. The predicted molar refractivity (Wildman–Crippen MR) is 81.1 cm³/mol. The van der Waals surface area contributed by atoms with E-state index < -0.39 is 0 Å². The maximum Gasteiger partial charge on any atom is 0.317 e. The Morgan fingerprint density at radius 2 is 2.33 bits per heavy atom. The summed E-state index contributed by atoms with van der Waals surface area (Å²) in [5, 5.41) is 12.4. The molecule has 21 heavy (non-hydrogen) atoms. The first-order valence-corrected chi connectivity index (χ1v) is 7.74. The van der Waals surface area contributed by atoms with Crippen molar-refractivity contribution >= 4 is 6.03 Å². The number of nitrogens with zero attached hydrogens (tertiary/aromatic N) is 1. The number of carbonyl (C=O) groups is 1. The number of hydrogen-bond acceptors (Lipinski definition) is 3. The molecule has 1 fully saturated rings. The average molecular weight is 294 g/mol. The molecule has 0 saturated carbocycles. The van der Waals surface area contributed by atoms with Gasteiger partial charge in [-0.05, 0) is 44.7 Å². The van der Waals surface area contributed by atoms with Crippen LogP contribution in [0.1, 0.15) is 38.2 Å². The van der Waals surface area contributed by atoms with Crippen LogP contribution < -0.4 is 5.32 Å². The van der Waals surface area contributed by atoms with Crippen molar-refractivity contribution in [1.82, 2.24) is 10.2 Å². The van der Waals surface area contributed by atoms with Gasteiger partial charge in [-0.25, -0.2) is 4.79 Å². The number of nitrogens with one attached hydrogen (secondary N) is 1. The minimum atomic E-state index is -0.0680. The molecule has 0 bridgehead atoms. The van der Waals surface area contributed by atoms with E-state index in [0.29, 0.717) is 5.92 Å². The van der Waals surface area contributed by atoms with E-state index in [9.17, 15) is 9.90 Å². The highest BCUT2D eigenvalue weighted by Crippen LogP contribution is 2.23. The molecule has 2 N–H and O–H groups in total. The molecule has 0 aliphatic carbocycles. The molecule has 3 unspecified atom stereocenters. The third-order valence-corrected chi connectivity index (χ3v) is 4.32. The molecular weight excluding hydrogens is 268 g/mol. The zero-order chi connectivity index (χ0) is 15.4. The second-order valence-corrected chi connectivity index (χ2v) is 6.11. The van der Waals surface area contributed by atoms with Crippen LogP contribution in [0.3, 0.4) is 0 Å². The zero-order valence-corrected chi connectivity index (χ0v) is 13.1. The predicted octanol–water partition coefficient (Wildman–Crippen LogP) is 2.32. The maximum atomic E-state index is 12.3. The van der Waals surface area contributed by atoms with Crippen LogP contribution in [0.4, 0.5) is 4.79 Å². The summed E-state index contributed by atoms with van der Waals surface area (Å²) in [6, 6.07) is 3.90. The molecule has 1 saturated heterocycles. The molecule has 0 spiro atoms. The number of urea groups is 1. The molecule has 1 aliphatic heterocycles. The Labute approximate surface area is 126 Å². The Balaban J connectivity index is 1.79. The van der Waals surface area contributed by atoms with Gasteiger partial charge in [0.05, 0.1) is 12.6 Å². The molecule has 5 heteroatoms.